The molecule has 0 bridgehead atoms. The SMILES string of the molecule is CC[C@@H](c1nnnn1Cc1ccco1)N(Cc1ccc2c(c1)OCO2)Cc1cc2cc(OC)c(OC)cc2[nH]c1=O. The zero-order valence-electron chi connectivity index (χ0n) is 23.0. The molecule has 3 aromatic heterocycles. The molecule has 41 heavy (non-hydrogen) atoms. The van der Waals surface area contributed by atoms with Gasteiger partial charge in [-0.05, 0) is 58.8 Å². The fourth-order valence-corrected chi connectivity index (χ4v) is 5.18. The van der Waals surface area contributed by atoms with Crippen molar-refractivity contribution < 1.29 is 23.4 Å². The van der Waals surface area contributed by atoms with Crippen LogP contribution in [0.25, 0.3) is 10.9 Å². The number of ether oxygens (including phenoxy) is 4. The molecule has 0 radical (unpaired) electrons. The van der Waals surface area contributed by atoms with E-state index in [0.29, 0.717) is 66.0 Å². The van der Waals surface area contributed by atoms with Crippen LogP contribution >= 0.6 is 0 Å². The summed E-state index contributed by atoms with van der Waals surface area (Å²) in [4.78, 5) is 18.6. The van der Waals surface area contributed by atoms with Gasteiger partial charge in [0.2, 0.25) is 6.79 Å². The van der Waals surface area contributed by atoms with Crippen molar-refractivity contribution in [1.82, 2.24) is 30.1 Å². The van der Waals surface area contributed by atoms with Gasteiger partial charge in [-0.1, -0.05) is 13.0 Å². The largest absolute Gasteiger partial charge is 0.493 e. The van der Waals surface area contributed by atoms with Crippen LogP contribution in [0.3, 0.4) is 0 Å². The first-order valence-electron chi connectivity index (χ1n) is 13.2. The fourth-order valence-electron chi connectivity index (χ4n) is 5.18. The van der Waals surface area contributed by atoms with Crippen molar-refractivity contribution in [2.45, 2.75) is 39.0 Å². The Morgan fingerprint density at radius 3 is 2.66 bits per heavy atom. The number of aromatic nitrogens is 5. The molecule has 0 saturated carbocycles. The molecular formula is C29H30N6O6. The summed E-state index contributed by atoms with van der Waals surface area (Å²) in [5, 5.41) is 13.4. The maximum absolute atomic E-state index is 13.4. The number of benzene rings is 2. The molecule has 0 saturated heterocycles. The lowest BCUT2D eigenvalue weighted by atomic mass is 10.1. The third-order valence-electron chi connectivity index (χ3n) is 7.19. The minimum absolute atomic E-state index is 0.189. The summed E-state index contributed by atoms with van der Waals surface area (Å²) < 4.78 is 29.3. The van der Waals surface area contributed by atoms with E-state index in [1.165, 1.54) is 0 Å². The number of nitrogens with zero attached hydrogens (tertiary/aromatic N) is 5. The van der Waals surface area contributed by atoms with E-state index >= 15 is 0 Å². The second-order valence-electron chi connectivity index (χ2n) is 9.71. The monoisotopic (exact) mass is 558 g/mol. The molecule has 212 valence electrons. The summed E-state index contributed by atoms with van der Waals surface area (Å²) >= 11 is 0. The minimum Gasteiger partial charge on any atom is -0.493 e. The average Bonchev–Trinajstić information content (AvgIpc) is 3.76. The van der Waals surface area contributed by atoms with E-state index in [9.17, 15) is 4.79 Å². The molecule has 5 aromatic rings. The molecule has 2 aromatic carbocycles. The third-order valence-corrected chi connectivity index (χ3v) is 7.19. The molecule has 12 heteroatoms. The van der Waals surface area contributed by atoms with Gasteiger partial charge in [0, 0.05) is 30.1 Å². The van der Waals surface area contributed by atoms with Gasteiger partial charge in [0.1, 0.15) is 12.3 Å². The van der Waals surface area contributed by atoms with Crippen molar-refractivity contribution in [2.24, 2.45) is 0 Å². The van der Waals surface area contributed by atoms with E-state index in [1.807, 2.05) is 42.5 Å². The van der Waals surface area contributed by atoms with Gasteiger partial charge in [0.15, 0.2) is 28.8 Å². The molecule has 1 aliphatic rings. The number of furan rings is 1. The van der Waals surface area contributed by atoms with Gasteiger partial charge in [0.05, 0.1) is 32.0 Å². The number of rotatable bonds is 11. The zero-order chi connectivity index (χ0) is 28.3. The lowest BCUT2D eigenvalue weighted by molar-refractivity contribution is 0.160. The summed E-state index contributed by atoms with van der Waals surface area (Å²) in [6.07, 6.45) is 2.32. The quantitative estimate of drug-likeness (QED) is 0.253. The third kappa shape index (κ3) is 5.33. The number of aromatic amines is 1. The molecule has 0 aliphatic carbocycles. The topological polar surface area (TPSA) is 130 Å². The normalized spacial score (nSPS) is 13.2. The molecular weight excluding hydrogens is 528 g/mol. The van der Waals surface area contributed by atoms with Crippen molar-refractivity contribution in [1.29, 1.82) is 0 Å². The van der Waals surface area contributed by atoms with Gasteiger partial charge in [-0.15, -0.1) is 5.10 Å². The summed E-state index contributed by atoms with van der Waals surface area (Å²) in [7, 11) is 3.15. The highest BCUT2D eigenvalue weighted by atomic mass is 16.7. The van der Waals surface area contributed by atoms with E-state index in [-0.39, 0.29) is 18.4 Å². The molecule has 0 unspecified atom stereocenters. The minimum atomic E-state index is -0.217. The van der Waals surface area contributed by atoms with E-state index in [0.717, 1.165) is 16.7 Å². The number of tetrazole rings is 1. The van der Waals surface area contributed by atoms with Crippen LogP contribution in [-0.4, -0.2) is 51.1 Å². The summed E-state index contributed by atoms with van der Waals surface area (Å²) in [6, 6.07) is 14.9. The molecule has 1 N–H and O–H groups in total. The van der Waals surface area contributed by atoms with E-state index in [4.69, 9.17) is 23.4 Å². The number of nitrogens with one attached hydrogen (secondary N) is 1. The maximum atomic E-state index is 13.4. The maximum Gasteiger partial charge on any atom is 0.252 e. The first-order valence-corrected chi connectivity index (χ1v) is 13.2. The van der Waals surface area contributed by atoms with Gasteiger partial charge < -0.3 is 28.3 Å². The number of H-pyrrole nitrogens is 1. The predicted octanol–water partition coefficient (Wildman–Crippen LogP) is 4.06. The van der Waals surface area contributed by atoms with E-state index in [1.54, 1.807) is 31.2 Å². The van der Waals surface area contributed by atoms with Crippen molar-refractivity contribution in [3.63, 3.8) is 0 Å². The summed E-state index contributed by atoms with van der Waals surface area (Å²) in [6.45, 7) is 3.50. The van der Waals surface area contributed by atoms with Crippen LogP contribution in [0.1, 0.15) is 42.1 Å². The van der Waals surface area contributed by atoms with Crippen LogP contribution in [0.4, 0.5) is 0 Å². The second kappa shape index (κ2) is 11.3. The number of hydrogen-bond acceptors (Lipinski definition) is 10. The fraction of sp³-hybridized carbons (Fsp3) is 0.310. The van der Waals surface area contributed by atoms with Gasteiger partial charge in [0.25, 0.3) is 5.56 Å². The molecule has 1 aliphatic heterocycles. The van der Waals surface area contributed by atoms with E-state index in [2.05, 4.69) is 32.3 Å². The number of methoxy groups -OCH3 is 2. The average molecular weight is 559 g/mol. The van der Waals surface area contributed by atoms with Crippen LogP contribution in [-0.2, 0) is 19.6 Å². The smallest absolute Gasteiger partial charge is 0.252 e. The Kier molecular flexibility index (Phi) is 7.30. The predicted molar refractivity (Wildman–Crippen MR) is 148 cm³/mol. The van der Waals surface area contributed by atoms with Crippen LogP contribution in [0.5, 0.6) is 23.0 Å². The number of hydrogen-bond donors (Lipinski definition) is 1. The van der Waals surface area contributed by atoms with Crippen LogP contribution in [0, 0.1) is 0 Å². The van der Waals surface area contributed by atoms with E-state index < -0.39 is 0 Å². The molecule has 6 rings (SSSR count). The molecule has 0 spiro atoms. The first kappa shape index (κ1) is 26.4. The Morgan fingerprint density at radius 2 is 1.88 bits per heavy atom. The summed E-state index contributed by atoms with van der Waals surface area (Å²) in [5.74, 6) is 3.95. The first-order chi connectivity index (χ1) is 20.1. The van der Waals surface area contributed by atoms with Crippen molar-refractivity contribution in [2.75, 3.05) is 21.0 Å². The van der Waals surface area contributed by atoms with Crippen LogP contribution < -0.4 is 24.5 Å². The standard InChI is InChI=1S/C29H30N6O6/c1-4-23(28-31-32-33-35(28)16-21-6-5-9-39-21)34(14-18-7-8-24-27(10-18)41-17-40-24)15-20-11-19-12-25(37-2)26(38-3)13-22(19)30-29(20)36/h5-13,23H,4,14-17H2,1-3H3,(H,30,36)/t23-/m0/s1. The van der Waals surface area contributed by atoms with Gasteiger partial charge in [-0.2, -0.15) is 0 Å². The highest BCUT2D eigenvalue weighted by molar-refractivity contribution is 5.83. The Bertz CT molecular complexity index is 1710. The van der Waals surface area contributed by atoms with Crippen molar-refractivity contribution in [3.05, 3.63) is 87.9 Å². The molecule has 12 nitrogen and oxygen atoms in total. The molecule has 1 atom stereocenters. The van der Waals surface area contributed by atoms with Crippen molar-refractivity contribution in [3.8, 4) is 23.0 Å². The lowest BCUT2D eigenvalue weighted by Gasteiger charge is -2.30. The Morgan fingerprint density at radius 1 is 1.05 bits per heavy atom. The zero-order valence-corrected chi connectivity index (χ0v) is 23.0. The highest BCUT2D eigenvalue weighted by Gasteiger charge is 2.27. The molecule has 0 fully saturated rings. The Labute approximate surface area is 235 Å². The van der Waals surface area contributed by atoms with Gasteiger partial charge in [-0.3, -0.25) is 9.69 Å². The van der Waals surface area contributed by atoms with Crippen molar-refractivity contribution >= 4 is 10.9 Å². The molecule has 0 amide bonds. The molecule has 4 heterocycles. The highest BCUT2D eigenvalue weighted by Crippen LogP contribution is 2.35. The van der Waals surface area contributed by atoms with Gasteiger partial charge >= 0.3 is 0 Å². The Balaban J connectivity index is 1.38. The Hall–Kier alpha value is -4.84. The number of pyridine rings is 1. The van der Waals surface area contributed by atoms with Gasteiger partial charge in [-0.25, -0.2) is 4.68 Å². The van der Waals surface area contributed by atoms with Crippen LogP contribution in [0.15, 0.2) is 64.0 Å². The number of fused-ring (bicyclic) bond motifs is 2. The summed E-state index contributed by atoms with van der Waals surface area (Å²) in [5.41, 5.74) is 2.06. The lowest BCUT2D eigenvalue weighted by Crippen LogP contribution is -2.32. The van der Waals surface area contributed by atoms with Crippen LogP contribution in [0.2, 0.25) is 0 Å². The second-order valence-corrected chi connectivity index (χ2v) is 9.71.